The van der Waals surface area contributed by atoms with E-state index in [2.05, 4.69) is 22.3 Å². The molecule has 1 aromatic rings. The molecule has 0 spiro atoms. The zero-order chi connectivity index (χ0) is 16.2. The number of nitrogens with zero attached hydrogens (tertiary/aromatic N) is 1. The molecule has 1 atom stereocenters. The van der Waals surface area contributed by atoms with Crippen molar-refractivity contribution in [3.8, 4) is 17.2 Å². The lowest BCUT2D eigenvalue weighted by molar-refractivity contribution is 0.160. The van der Waals surface area contributed by atoms with Crippen LogP contribution in [-0.2, 0) is 0 Å². The Labute approximate surface area is 163 Å². The first-order valence-corrected chi connectivity index (χ1v) is 8.51. The topological polar surface area (TPSA) is 43.0 Å². The molecule has 1 N–H and O–H groups in total. The number of benzene rings is 1. The summed E-state index contributed by atoms with van der Waals surface area (Å²) in [5.74, 6) is 3.04. The quantitative estimate of drug-likeness (QED) is 0.770. The van der Waals surface area contributed by atoms with Crippen molar-refractivity contribution in [2.24, 2.45) is 5.92 Å². The molecule has 3 rings (SSSR count). The number of halogens is 2. The molecule has 144 valence electrons. The van der Waals surface area contributed by atoms with Crippen molar-refractivity contribution in [3.63, 3.8) is 0 Å². The second-order valence-electron chi connectivity index (χ2n) is 6.44. The summed E-state index contributed by atoms with van der Waals surface area (Å²) in [4.78, 5) is 2.59. The van der Waals surface area contributed by atoms with Gasteiger partial charge >= 0.3 is 0 Å². The van der Waals surface area contributed by atoms with Crippen LogP contribution in [0.2, 0.25) is 0 Å². The fourth-order valence-corrected chi connectivity index (χ4v) is 3.45. The van der Waals surface area contributed by atoms with Gasteiger partial charge in [-0.25, -0.2) is 0 Å². The third kappa shape index (κ3) is 5.30. The van der Waals surface area contributed by atoms with Gasteiger partial charge in [-0.15, -0.1) is 24.8 Å². The lowest BCUT2D eigenvalue weighted by atomic mass is 9.97. The van der Waals surface area contributed by atoms with Gasteiger partial charge in [0.1, 0.15) is 0 Å². The SMILES string of the molecule is COc1cc([C@@H](CC2CC2)N2CCNCC2)cc(OC)c1OC.Cl.Cl. The van der Waals surface area contributed by atoms with Crippen LogP contribution in [0.15, 0.2) is 12.1 Å². The number of ether oxygens (including phenoxy) is 3. The van der Waals surface area contributed by atoms with Crippen LogP contribution in [0.3, 0.4) is 0 Å². The number of methoxy groups -OCH3 is 3. The minimum atomic E-state index is 0. The van der Waals surface area contributed by atoms with Crippen LogP contribution in [0.5, 0.6) is 17.2 Å². The Bertz CT molecular complexity index is 510. The van der Waals surface area contributed by atoms with Gasteiger partial charge in [0.2, 0.25) is 5.75 Å². The smallest absolute Gasteiger partial charge is 0.203 e. The van der Waals surface area contributed by atoms with Gasteiger partial charge in [0.25, 0.3) is 0 Å². The summed E-state index contributed by atoms with van der Waals surface area (Å²) >= 11 is 0. The predicted molar refractivity (Wildman–Crippen MR) is 105 cm³/mol. The Morgan fingerprint density at radius 1 is 1.00 bits per heavy atom. The maximum Gasteiger partial charge on any atom is 0.203 e. The highest BCUT2D eigenvalue weighted by Gasteiger charge is 2.31. The summed E-state index contributed by atoms with van der Waals surface area (Å²) in [7, 11) is 5.02. The van der Waals surface area contributed by atoms with Crippen molar-refractivity contribution >= 4 is 24.8 Å². The molecule has 0 aromatic heterocycles. The van der Waals surface area contributed by atoms with Crippen molar-refractivity contribution < 1.29 is 14.2 Å². The summed E-state index contributed by atoms with van der Waals surface area (Å²) in [5.41, 5.74) is 1.27. The Morgan fingerprint density at radius 3 is 2.00 bits per heavy atom. The van der Waals surface area contributed by atoms with Crippen LogP contribution >= 0.6 is 24.8 Å². The molecule has 1 saturated heterocycles. The van der Waals surface area contributed by atoms with Crippen LogP contribution in [0, 0.1) is 5.92 Å². The number of hydrogen-bond acceptors (Lipinski definition) is 5. The van der Waals surface area contributed by atoms with Crippen LogP contribution < -0.4 is 19.5 Å². The van der Waals surface area contributed by atoms with E-state index in [0.717, 1.165) is 43.6 Å². The van der Waals surface area contributed by atoms with Crippen molar-refractivity contribution in [3.05, 3.63) is 17.7 Å². The highest BCUT2D eigenvalue weighted by molar-refractivity contribution is 5.85. The fourth-order valence-electron chi connectivity index (χ4n) is 3.45. The second-order valence-corrected chi connectivity index (χ2v) is 6.44. The highest BCUT2D eigenvalue weighted by Crippen LogP contribution is 2.45. The molecule has 1 aliphatic carbocycles. The Kier molecular flexibility index (Phi) is 9.14. The molecule has 2 fully saturated rings. The Hall–Kier alpha value is -0.880. The molecule has 7 heteroatoms. The predicted octanol–water partition coefficient (Wildman–Crippen LogP) is 3.30. The zero-order valence-corrected chi connectivity index (χ0v) is 16.9. The Balaban J connectivity index is 0.00000156. The summed E-state index contributed by atoms with van der Waals surface area (Å²) in [6.45, 7) is 4.30. The van der Waals surface area contributed by atoms with Crippen LogP contribution in [0.1, 0.15) is 30.9 Å². The third-order valence-corrected chi connectivity index (χ3v) is 4.92. The lowest BCUT2D eigenvalue weighted by Gasteiger charge is -2.35. The van der Waals surface area contributed by atoms with Gasteiger partial charge in [0, 0.05) is 32.2 Å². The van der Waals surface area contributed by atoms with Gasteiger partial charge in [-0.05, 0) is 30.0 Å². The molecule has 0 radical (unpaired) electrons. The van der Waals surface area contributed by atoms with E-state index in [0.29, 0.717) is 11.8 Å². The summed E-state index contributed by atoms with van der Waals surface area (Å²) in [6, 6.07) is 4.67. The average Bonchev–Trinajstić information content (AvgIpc) is 3.43. The van der Waals surface area contributed by atoms with E-state index < -0.39 is 0 Å². The number of rotatable bonds is 7. The van der Waals surface area contributed by atoms with E-state index in [1.807, 2.05) is 0 Å². The second kappa shape index (κ2) is 10.3. The van der Waals surface area contributed by atoms with Crippen molar-refractivity contribution in [2.45, 2.75) is 25.3 Å². The van der Waals surface area contributed by atoms with E-state index in [9.17, 15) is 0 Å². The first-order chi connectivity index (χ1) is 11.3. The van der Waals surface area contributed by atoms with Crippen LogP contribution in [-0.4, -0.2) is 52.4 Å². The third-order valence-electron chi connectivity index (χ3n) is 4.92. The molecule has 1 aliphatic heterocycles. The monoisotopic (exact) mass is 392 g/mol. The summed E-state index contributed by atoms with van der Waals surface area (Å²) in [5, 5.41) is 3.44. The largest absolute Gasteiger partial charge is 0.493 e. The average molecular weight is 393 g/mol. The summed E-state index contributed by atoms with van der Waals surface area (Å²) < 4.78 is 16.5. The van der Waals surface area contributed by atoms with Gasteiger partial charge < -0.3 is 19.5 Å². The molecule has 2 aliphatic rings. The van der Waals surface area contributed by atoms with Crippen molar-refractivity contribution in [1.29, 1.82) is 0 Å². The molecular weight excluding hydrogens is 363 g/mol. The van der Waals surface area contributed by atoms with E-state index in [4.69, 9.17) is 14.2 Å². The standard InChI is InChI=1S/C18H28N2O3.2ClH/c1-21-16-11-14(12-17(22-2)18(16)23-3)15(10-13-4-5-13)20-8-6-19-7-9-20;;/h11-13,15,19H,4-10H2,1-3H3;2*1H/t15-;;/m1../s1. The number of nitrogens with one attached hydrogen (secondary N) is 1. The summed E-state index contributed by atoms with van der Waals surface area (Å²) in [6.07, 6.45) is 3.96. The zero-order valence-electron chi connectivity index (χ0n) is 15.2. The molecule has 1 aromatic carbocycles. The molecule has 0 amide bonds. The van der Waals surface area contributed by atoms with Gasteiger partial charge in [-0.2, -0.15) is 0 Å². The highest BCUT2D eigenvalue weighted by atomic mass is 35.5. The molecule has 0 unspecified atom stereocenters. The molecule has 5 nitrogen and oxygen atoms in total. The van der Waals surface area contributed by atoms with Crippen molar-refractivity contribution in [1.82, 2.24) is 10.2 Å². The van der Waals surface area contributed by atoms with Gasteiger partial charge in [0.05, 0.1) is 21.3 Å². The molecule has 1 saturated carbocycles. The molecule has 25 heavy (non-hydrogen) atoms. The first kappa shape index (κ1) is 22.2. The Morgan fingerprint density at radius 2 is 1.56 bits per heavy atom. The minimum absolute atomic E-state index is 0. The van der Waals surface area contributed by atoms with E-state index in [1.165, 1.54) is 24.8 Å². The number of piperazine rings is 1. The molecular formula is C18H30Cl2N2O3. The van der Waals surface area contributed by atoms with E-state index in [1.54, 1.807) is 21.3 Å². The minimum Gasteiger partial charge on any atom is -0.493 e. The fraction of sp³-hybridized carbons (Fsp3) is 0.667. The van der Waals surface area contributed by atoms with Crippen LogP contribution in [0.25, 0.3) is 0 Å². The van der Waals surface area contributed by atoms with Crippen molar-refractivity contribution in [2.75, 3.05) is 47.5 Å². The van der Waals surface area contributed by atoms with Gasteiger partial charge in [-0.1, -0.05) is 12.8 Å². The van der Waals surface area contributed by atoms with E-state index in [-0.39, 0.29) is 24.8 Å². The first-order valence-electron chi connectivity index (χ1n) is 8.51. The number of hydrogen-bond donors (Lipinski definition) is 1. The van der Waals surface area contributed by atoms with Crippen LogP contribution in [0.4, 0.5) is 0 Å². The van der Waals surface area contributed by atoms with Gasteiger partial charge in [-0.3, -0.25) is 4.90 Å². The van der Waals surface area contributed by atoms with E-state index >= 15 is 0 Å². The molecule has 1 heterocycles. The maximum atomic E-state index is 5.54. The maximum absolute atomic E-state index is 5.54. The molecule has 0 bridgehead atoms. The normalized spacial score (nSPS) is 18.5. The lowest BCUT2D eigenvalue weighted by Crippen LogP contribution is -2.45. The van der Waals surface area contributed by atoms with Gasteiger partial charge in [0.15, 0.2) is 11.5 Å².